The first kappa shape index (κ1) is 10.2. The maximum Gasteiger partial charge on any atom is 0.122 e. The van der Waals surface area contributed by atoms with Gasteiger partial charge in [-0.15, -0.1) is 0 Å². The standard InChI is InChI=1S/C14H19NO/c1-10-9-15-6-4-13(10)11-2-3-14-12(8-11)5-7-16-14/h2-3,8,10,13,15H,4-7,9H2,1H3. The van der Waals surface area contributed by atoms with E-state index in [0.29, 0.717) is 0 Å². The quantitative estimate of drug-likeness (QED) is 0.779. The van der Waals surface area contributed by atoms with Gasteiger partial charge < -0.3 is 10.1 Å². The van der Waals surface area contributed by atoms with Gasteiger partial charge in [0.1, 0.15) is 5.75 Å². The molecule has 3 rings (SSSR count). The van der Waals surface area contributed by atoms with Crippen LogP contribution in [-0.2, 0) is 6.42 Å². The van der Waals surface area contributed by atoms with Crippen LogP contribution >= 0.6 is 0 Å². The van der Waals surface area contributed by atoms with Crippen LogP contribution in [0.5, 0.6) is 5.75 Å². The third kappa shape index (κ3) is 1.71. The second kappa shape index (κ2) is 4.10. The lowest BCUT2D eigenvalue weighted by Crippen LogP contribution is -2.33. The molecule has 0 aromatic heterocycles. The third-order valence-corrected chi connectivity index (χ3v) is 3.93. The Morgan fingerprint density at radius 3 is 3.19 bits per heavy atom. The summed E-state index contributed by atoms with van der Waals surface area (Å²) >= 11 is 0. The van der Waals surface area contributed by atoms with Gasteiger partial charge in [0.2, 0.25) is 0 Å². The first-order valence-corrected chi connectivity index (χ1v) is 6.31. The number of benzene rings is 1. The molecule has 2 heterocycles. The molecule has 1 N–H and O–H groups in total. The van der Waals surface area contributed by atoms with E-state index in [2.05, 4.69) is 30.4 Å². The molecule has 2 aliphatic heterocycles. The summed E-state index contributed by atoms with van der Waals surface area (Å²) in [5.74, 6) is 2.58. The normalized spacial score (nSPS) is 28.6. The van der Waals surface area contributed by atoms with Crippen molar-refractivity contribution in [3.05, 3.63) is 29.3 Å². The third-order valence-electron chi connectivity index (χ3n) is 3.93. The van der Waals surface area contributed by atoms with Gasteiger partial charge in [0, 0.05) is 6.42 Å². The van der Waals surface area contributed by atoms with Crippen LogP contribution in [0.3, 0.4) is 0 Å². The van der Waals surface area contributed by atoms with E-state index in [1.807, 2.05) is 0 Å². The molecule has 2 atom stereocenters. The van der Waals surface area contributed by atoms with Gasteiger partial charge in [-0.3, -0.25) is 0 Å². The zero-order chi connectivity index (χ0) is 11.0. The highest BCUT2D eigenvalue weighted by atomic mass is 16.5. The average Bonchev–Trinajstić information content (AvgIpc) is 2.76. The van der Waals surface area contributed by atoms with Crippen molar-refractivity contribution >= 4 is 0 Å². The van der Waals surface area contributed by atoms with Gasteiger partial charge in [0.25, 0.3) is 0 Å². The average molecular weight is 217 g/mol. The minimum atomic E-state index is 0.729. The Bertz CT molecular complexity index is 388. The van der Waals surface area contributed by atoms with E-state index in [1.54, 1.807) is 0 Å². The SMILES string of the molecule is CC1CNCCC1c1ccc2c(c1)CCO2. The Labute approximate surface area is 97.0 Å². The molecule has 16 heavy (non-hydrogen) atoms. The smallest absolute Gasteiger partial charge is 0.122 e. The highest BCUT2D eigenvalue weighted by molar-refractivity contribution is 5.41. The highest BCUT2D eigenvalue weighted by Gasteiger charge is 2.24. The predicted molar refractivity (Wildman–Crippen MR) is 65.0 cm³/mol. The topological polar surface area (TPSA) is 21.3 Å². The zero-order valence-electron chi connectivity index (χ0n) is 9.83. The predicted octanol–water partition coefficient (Wildman–Crippen LogP) is 2.33. The molecule has 0 saturated carbocycles. The van der Waals surface area contributed by atoms with Gasteiger partial charge in [-0.1, -0.05) is 19.1 Å². The maximum atomic E-state index is 5.56. The molecule has 1 fully saturated rings. The molecule has 2 unspecified atom stereocenters. The van der Waals surface area contributed by atoms with Crippen LogP contribution in [-0.4, -0.2) is 19.7 Å². The van der Waals surface area contributed by atoms with E-state index in [0.717, 1.165) is 43.7 Å². The molecule has 0 aliphatic carbocycles. The first-order chi connectivity index (χ1) is 7.84. The van der Waals surface area contributed by atoms with E-state index in [4.69, 9.17) is 4.74 Å². The molecule has 0 amide bonds. The number of piperidine rings is 1. The number of ether oxygens (including phenoxy) is 1. The maximum absolute atomic E-state index is 5.56. The Kier molecular flexibility index (Phi) is 2.60. The van der Waals surface area contributed by atoms with Crippen LogP contribution in [0.15, 0.2) is 18.2 Å². The summed E-state index contributed by atoms with van der Waals surface area (Å²) in [5, 5.41) is 3.46. The van der Waals surface area contributed by atoms with Crippen molar-refractivity contribution in [3.63, 3.8) is 0 Å². The van der Waals surface area contributed by atoms with Crippen LogP contribution in [0.2, 0.25) is 0 Å². The lowest BCUT2D eigenvalue weighted by atomic mass is 9.82. The van der Waals surface area contributed by atoms with Gasteiger partial charge in [0.15, 0.2) is 0 Å². The number of hydrogen-bond acceptors (Lipinski definition) is 2. The Morgan fingerprint density at radius 1 is 1.38 bits per heavy atom. The second-order valence-electron chi connectivity index (χ2n) is 5.04. The molecule has 1 saturated heterocycles. The number of fused-ring (bicyclic) bond motifs is 1. The minimum absolute atomic E-state index is 0.729. The monoisotopic (exact) mass is 217 g/mol. The second-order valence-corrected chi connectivity index (χ2v) is 5.04. The fourth-order valence-electron chi connectivity index (χ4n) is 2.95. The summed E-state index contributed by atoms with van der Waals surface area (Å²) in [4.78, 5) is 0. The lowest BCUT2D eigenvalue weighted by molar-refractivity contribution is 0.348. The summed E-state index contributed by atoms with van der Waals surface area (Å²) < 4.78 is 5.56. The molecule has 0 bridgehead atoms. The summed E-state index contributed by atoms with van der Waals surface area (Å²) in [7, 11) is 0. The van der Waals surface area contributed by atoms with Crippen molar-refractivity contribution in [2.45, 2.75) is 25.7 Å². The number of hydrogen-bond donors (Lipinski definition) is 1. The van der Waals surface area contributed by atoms with Crippen LogP contribution in [0.25, 0.3) is 0 Å². The van der Waals surface area contributed by atoms with Crippen molar-refractivity contribution in [1.82, 2.24) is 5.32 Å². The Hall–Kier alpha value is -1.02. The van der Waals surface area contributed by atoms with Crippen molar-refractivity contribution in [1.29, 1.82) is 0 Å². The molecular formula is C14H19NO. The molecule has 2 nitrogen and oxygen atoms in total. The van der Waals surface area contributed by atoms with Gasteiger partial charge in [0.05, 0.1) is 6.61 Å². The molecule has 0 radical (unpaired) electrons. The van der Waals surface area contributed by atoms with E-state index >= 15 is 0 Å². The van der Waals surface area contributed by atoms with E-state index in [1.165, 1.54) is 17.5 Å². The van der Waals surface area contributed by atoms with Crippen molar-refractivity contribution in [3.8, 4) is 5.75 Å². The van der Waals surface area contributed by atoms with Crippen molar-refractivity contribution < 1.29 is 4.74 Å². The minimum Gasteiger partial charge on any atom is -0.493 e. The Morgan fingerprint density at radius 2 is 2.31 bits per heavy atom. The molecule has 1 aromatic rings. The summed E-state index contributed by atoms with van der Waals surface area (Å²) in [6.07, 6.45) is 2.35. The zero-order valence-corrected chi connectivity index (χ0v) is 9.83. The van der Waals surface area contributed by atoms with Gasteiger partial charge in [-0.05, 0) is 48.5 Å². The number of nitrogens with one attached hydrogen (secondary N) is 1. The molecule has 86 valence electrons. The van der Waals surface area contributed by atoms with E-state index < -0.39 is 0 Å². The fraction of sp³-hybridized carbons (Fsp3) is 0.571. The molecule has 2 heteroatoms. The van der Waals surface area contributed by atoms with E-state index in [-0.39, 0.29) is 0 Å². The van der Waals surface area contributed by atoms with Crippen LogP contribution in [0.4, 0.5) is 0 Å². The fourth-order valence-corrected chi connectivity index (χ4v) is 2.95. The van der Waals surface area contributed by atoms with Crippen molar-refractivity contribution in [2.24, 2.45) is 5.92 Å². The summed E-state index contributed by atoms with van der Waals surface area (Å²) in [6.45, 7) is 5.52. The summed E-state index contributed by atoms with van der Waals surface area (Å²) in [6, 6.07) is 6.79. The molecule has 1 aromatic carbocycles. The summed E-state index contributed by atoms with van der Waals surface area (Å²) in [5.41, 5.74) is 2.92. The van der Waals surface area contributed by atoms with Gasteiger partial charge in [-0.25, -0.2) is 0 Å². The van der Waals surface area contributed by atoms with E-state index in [9.17, 15) is 0 Å². The largest absolute Gasteiger partial charge is 0.493 e. The molecular weight excluding hydrogens is 198 g/mol. The number of rotatable bonds is 1. The van der Waals surface area contributed by atoms with Crippen LogP contribution in [0.1, 0.15) is 30.4 Å². The lowest BCUT2D eigenvalue weighted by Gasteiger charge is -2.30. The Balaban J connectivity index is 1.88. The van der Waals surface area contributed by atoms with Gasteiger partial charge in [-0.2, -0.15) is 0 Å². The highest BCUT2D eigenvalue weighted by Crippen LogP contribution is 2.34. The molecule has 2 aliphatic rings. The first-order valence-electron chi connectivity index (χ1n) is 6.31. The van der Waals surface area contributed by atoms with Crippen LogP contribution in [0, 0.1) is 5.92 Å². The van der Waals surface area contributed by atoms with Crippen molar-refractivity contribution in [2.75, 3.05) is 19.7 Å². The van der Waals surface area contributed by atoms with Crippen LogP contribution < -0.4 is 10.1 Å². The van der Waals surface area contributed by atoms with Gasteiger partial charge >= 0.3 is 0 Å². The molecule has 0 spiro atoms.